The van der Waals surface area contributed by atoms with Crippen molar-refractivity contribution in [2.75, 3.05) is 0 Å². The first kappa shape index (κ1) is 14.9. The Morgan fingerprint density at radius 3 is 0.810 bits per heavy atom. The normalized spacial score (nSPS) is 9.52. The molecule has 0 unspecified atom stereocenters. The van der Waals surface area contributed by atoms with Gasteiger partial charge < -0.3 is 0 Å². The first-order chi connectivity index (χ1) is 9.93. The molecule has 0 fully saturated rings. The molecule has 4 aromatic rings. The van der Waals surface area contributed by atoms with Crippen molar-refractivity contribution in [1.82, 2.24) is 0 Å². The largest absolute Gasteiger partial charge is 0.0623 e. The van der Waals surface area contributed by atoms with Crippen LogP contribution in [0.4, 0.5) is 0 Å². The van der Waals surface area contributed by atoms with Gasteiger partial charge in [0.05, 0.1) is 0 Å². The molecule has 0 N–H and O–H groups in total. The number of hydrogen-bond acceptors (Lipinski definition) is 0. The summed E-state index contributed by atoms with van der Waals surface area (Å²) in [7, 11) is 0. The molecule has 0 aliphatic rings. The van der Waals surface area contributed by atoms with Crippen LogP contribution in [0.5, 0.6) is 0 Å². The average molecular weight is 267 g/mol. The van der Waals surface area contributed by atoms with Gasteiger partial charge >= 0.3 is 0 Å². The molecule has 0 nitrogen and oxygen atoms in total. The predicted molar refractivity (Wildman–Crippen MR) is 93.7 cm³/mol. The Hall–Kier alpha value is -2.54. The summed E-state index contributed by atoms with van der Waals surface area (Å²) in [6.45, 7) is 0. The Morgan fingerprint density at radius 2 is 0.571 bits per heavy atom. The Balaban J connectivity index is 0.000000197. The van der Waals surface area contributed by atoms with Crippen molar-refractivity contribution in [3.63, 3.8) is 0 Å². The van der Waals surface area contributed by atoms with Crippen molar-refractivity contribution in [2.45, 2.75) is 0 Å². The number of fused-ring (bicyclic) bond motifs is 2. The lowest BCUT2D eigenvalue weighted by Crippen LogP contribution is -1.74. The lowest BCUT2D eigenvalue weighted by molar-refractivity contribution is 1.72. The summed E-state index contributed by atoms with van der Waals surface area (Å²) in [5.74, 6) is 0. The second-order valence-electron chi connectivity index (χ2n) is 4.70. The van der Waals surface area contributed by atoms with Crippen molar-refractivity contribution < 1.29 is 0 Å². The van der Waals surface area contributed by atoms with Crippen LogP contribution >= 0.6 is 0 Å². The van der Waals surface area contributed by atoms with Gasteiger partial charge in [0, 0.05) is 8.41 Å². The fourth-order valence-corrected chi connectivity index (χ4v) is 2.27. The highest BCUT2D eigenvalue weighted by Crippen LogP contribution is 2.21. The Morgan fingerprint density at radius 1 is 0.333 bits per heavy atom. The molecule has 0 aliphatic carbocycles. The van der Waals surface area contributed by atoms with Gasteiger partial charge in [-0.25, -0.2) is 0 Å². The first-order valence-electron chi connectivity index (χ1n) is 6.81. The molecule has 0 amide bonds. The minimum atomic E-state index is 0. The maximum absolute atomic E-state index is 2.24. The zero-order valence-electron chi connectivity index (χ0n) is 11.8. The Labute approximate surface area is 127 Å². The van der Waals surface area contributed by atoms with E-state index in [-0.39, 0.29) is 8.41 Å². The van der Waals surface area contributed by atoms with E-state index in [1.165, 1.54) is 21.5 Å². The summed E-state index contributed by atoms with van der Waals surface area (Å²) in [6, 6.07) is 33.4. The molecule has 0 saturated heterocycles. The van der Waals surface area contributed by atoms with Crippen LogP contribution in [0.25, 0.3) is 21.5 Å². The second kappa shape index (κ2) is 7.30. The molecule has 1 heteroatoms. The Kier molecular flexibility index (Phi) is 5.17. The molecule has 21 heavy (non-hydrogen) atoms. The molecule has 99 valence electrons. The molecule has 0 aliphatic heterocycles. The van der Waals surface area contributed by atoms with E-state index in [9.17, 15) is 0 Å². The number of benzene rings is 4. The van der Waals surface area contributed by atoms with Crippen molar-refractivity contribution in [3.05, 3.63) is 97.1 Å². The van der Waals surface area contributed by atoms with Crippen LogP contribution in [0.1, 0.15) is 0 Å². The predicted octanol–water partition coefficient (Wildman–Crippen LogP) is 5.30. The minimum absolute atomic E-state index is 0. The second-order valence-corrected chi connectivity index (χ2v) is 4.70. The number of hydrogen-bond donors (Lipinski definition) is 0. The van der Waals surface area contributed by atoms with Crippen molar-refractivity contribution >= 4 is 30.0 Å². The summed E-state index contributed by atoms with van der Waals surface area (Å²) in [6.07, 6.45) is 0. The minimum Gasteiger partial charge on any atom is -0.0623 e. The molecule has 4 rings (SSSR count). The van der Waals surface area contributed by atoms with Crippen LogP contribution in [-0.4, -0.2) is 8.41 Å². The SMILES string of the molecule is [B].c1ccc2cc3ccccc3cc2c1.c1ccccc1. The third kappa shape index (κ3) is 3.73. The molecule has 0 bridgehead atoms. The molecule has 4 aromatic carbocycles. The molecule has 0 saturated carbocycles. The molecular weight excluding hydrogens is 251 g/mol. The zero-order valence-corrected chi connectivity index (χ0v) is 11.8. The maximum atomic E-state index is 2.24. The smallest absolute Gasteiger partial charge is 0 e. The topological polar surface area (TPSA) is 0 Å². The van der Waals surface area contributed by atoms with Gasteiger partial charge in [-0.05, 0) is 33.7 Å². The van der Waals surface area contributed by atoms with E-state index < -0.39 is 0 Å². The van der Waals surface area contributed by atoms with Gasteiger partial charge in [-0.15, -0.1) is 0 Å². The van der Waals surface area contributed by atoms with Crippen LogP contribution in [0.3, 0.4) is 0 Å². The van der Waals surface area contributed by atoms with Gasteiger partial charge in [0.25, 0.3) is 0 Å². The van der Waals surface area contributed by atoms with Gasteiger partial charge in [-0.1, -0.05) is 84.9 Å². The number of rotatable bonds is 0. The van der Waals surface area contributed by atoms with Crippen molar-refractivity contribution in [2.24, 2.45) is 0 Å². The highest BCUT2D eigenvalue weighted by atomic mass is 14.0. The molecule has 0 atom stereocenters. The third-order valence-electron chi connectivity index (χ3n) is 3.28. The van der Waals surface area contributed by atoms with Gasteiger partial charge in [-0.3, -0.25) is 0 Å². The third-order valence-corrected chi connectivity index (χ3v) is 3.28. The molecular formula is C20H16B. The van der Waals surface area contributed by atoms with Gasteiger partial charge in [0.1, 0.15) is 0 Å². The first-order valence-corrected chi connectivity index (χ1v) is 6.81. The fraction of sp³-hybridized carbons (Fsp3) is 0. The van der Waals surface area contributed by atoms with Crippen LogP contribution in [0.2, 0.25) is 0 Å². The van der Waals surface area contributed by atoms with Crippen molar-refractivity contribution in [3.8, 4) is 0 Å². The van der Waals surface area contributed by atoms with Gasteiger partial charge in [0.2, 0.25) is 0 Å². The monoisotopic (exact) mass is 267 g/mol. The molecule has 3 radical (unpaired) electrons. The lowest BCUT2D eigenvalue weighted by Gasteiger charge is -2.00. The van der Waals surface area contributed by atoms with Crippen LogP contribution in [0, 0.1) is 0 Å². The van der Waals surface area contributed by atoms with E-state index in [0.29, 0.717) is 0 Å². The average Bonchev–Trinajstić information content (AvgIpc) is 2.55. The van der Waals surface area contributed by atoms with E-state index >= 15 is 0 Å². The summed E-state index contributed by atoms with van der Waals surface area (Å²) in [5.41, 5.74) is 0. The van der Waals surface area contributed by atoms with Gasteiger partial charge in [-0.2, -0.15) is 0 Å². The molecule has 0 spiro atoms. The quantitative estimate of drug-likeness (QED) is 0.299. The zero-order chi connectivity index (χ0) is 13.6. The fourth-order valence-electron chi connectivity index (χ4n) is 2.27. The van der Waals surface area contributed by atoms with Crippen LogP contribution in [0.15, 0.2) is 97.1 Å². The van der Waals surface area contributed by atoms with E-state index in [0.717, 1.165) is 0 Å². The molecule has 0 heterocycles. The van der Waals surface area contributed by atoms with E-state index in [4.69, 9.17) is 0 Å². The van der Waals surface area contributed by atoms with E-state index in [1.807, 2.05) is 36.4 Å². The lowest BCUT2D eigenvalue weighted by atomic mass is 10.0. The summed E-state index contributed by atoms with van der Waals surface area (Å²) in [4.78, 5) is 0. The van der Waals surface area contributed by atoms with E-state index in [2.05, 4.69) is 60.7 Å². The summed E-state index contributed by atoms with van der Waals surface area (Å²) >= 11 is 0. The highest BCUT2D eigenvalue weighted by Gasteiger charge is 1.95. The van der Waals surface area contributed by atoms with Crippen molar-refractivity contribution in [1.29, 1.82) is 0 Å². The maximum Gasteiger partial charge on any atom is 0 e. The summed E-state index contributed by atoms with van der Waals surface area (Å²) in [5, 5.41) is 5.25. The summed E-state index contributed by atoms with van der Waals surface area (Å²) < 4.78 is 0. The highest BCUT2D eigenvalue weighted by molar-refractivity contribution is 5.98. The molecule has 0 aromatic heterocycles. The Bertz CT molecular complexity index is 675. The van der Waals surface area contributed by atoms with Crippen LogP contribution in [-0.2, 0) is 0 Å². The van der Waals surface area contributed by atoms with Crippen LogP contribution < -0.4 is 0 Å². The van der Waals surface area contributed by atoms with Gasteiger partial charge in [0.15, 0.2) is 0 Å². The van der Waals surface area contributed by atoms with E-state index in [1.54, 1.807) is 0 Å². The standard InChI is InChI=1S/C14H10.C6H6.B/c1-2-6-12-10-14-8-4-3-7-13(14)9-11(12)5-1;1-2-4-6-5-3-1;/h1-10H;1-6H;.